The van der Waals surface area contributed by atoms with E-state index < -0.39 is 0 Å². The van der Waals surface area contributed by atoms with Gasteiger partial charge < -0.3 is 9.88 Å². The number of anilines is 1. The molecule has 5 rings (SSSR count). The summed E-state index contributed by atoms with van der Waals surface area (Å²) in [5.74, 6) is 0.0135. The topological polar surface area (TPSA) is 85.6 Å². The van der Waals surface area contributed by atoms with Crippen LogP contribution < -0.4 is 5.32 Å². The van der Waals surface area contributed by atoms with E-state index in [1.807, 2.05) is 54.6 Å². The predicted molar refractivity (Wildman–Crippen MR) is 122 cm³/mol. The molecule has 0 unspecified atom stereocenters. The molecule has 0 aliphatic rings. The second-order valence-electron chi connectivity index (χ2n) is 6.51. The van der Waals surface area contributed by atoms with Gasteiger partial charge in [-0.1, -0.05) is 59.5 Å². The fraction of sp³-hybridized carbons (Fsp3) is 0.0952. The molecule has 0 atom stereocenters. The molecule has 3 heterocycles. The van der Waals surface area contributed by atoms with E-state index in [0.29, 0.717) is 16.8 Å². The Hall–Kier alpha value is -3.30. The predicted octanol–water partition coefficient (Wildman–Crippen LogP) is 4.51. The Labute approximate surface area is 179 Å². The molecule has 3 aromatic heterocycles. The number of allylic oxidation sites excluding steroid dienone is 1. The highest BCUT2D eigenvalue weighted by atomic mass is 32.2. The van der Waals surface area contributed by atoms with E-state index in [1.54, 1.807) is 0 Å². The van der Waals surface area contributed by atoms with Gasteiger partial charge in [0.15, 0.2) is 10.8 Å². The molecule has 7 nitrogen and oxygen atoms in total. The van der Waals surface area contributed by atoms with Crippen LogP contribution in [0.4, 0.5) is 5.13 Å². The number of nitrogens with one attached hydrogen (secondary N) is 1. The molecule has 0 aliphatic carbocycles. The second-order valence-corrected chi connectivity index (χ2v) is 8.48. The average molecular weight is 433 g/mol. The summed E-state index contributed by atoms with van der Waals surface area (Å²) in [5, 5.41) is 13.5. The number of carbonyl (C=O) groups excluding carboxylic acids is 1. The van der Waals surface area contributed by atoms with Crippen LogP contribution in [0.3, 0.4) is 0 Å². The number of aromatic nitrogens is 5. The van der Waals surface area contributed by atoms with Crippen LogP contribution in [0, 0.1) is 0 Å². The lowest BCUT2D eigenvalue weighted by atomic mass is 10.2. The largest absolute Gasteiger partial charge is 0.320 e. The summed E-state index contributed by atoms with van der Waals surface area (Å²) in [6.07, 6.45) is 1.83. The molecule has 148 valence electrons. The van der Waals surface area contributed by atoms with Crippen LogP contribution in [0.1, 0.15) is 0 Å². The number of fused-ring (bicyclic) bond motifs is 4. The van der Waals surface area contributed by atoms with Crippen molar-refractivity contribution in [3.05, 3.63) is 61.2 Å². The maximum atomic E-state index is 12.4. The van der Waals surface area contributed by atoms with Crippen molar-refractivity contribution in [3.63, 3.8) is 0 Å². The molecule has 5 aromatic rings. The molecule has 0 saturated heterocycles. The molecular weight excluding hydrogens is 416 g/mol. The van der Waals surface area contributed by atoms with Crippen LogP contribution in [-0.4, -0.2) is 36.4 Å². The van der Waals surface area contributed by atoms with E-state index in [4.69, 9.17) is 0 Å². The first kappa shape index (κ1) is 18.7. The third kappa shape index (κ3) is 3.42. The fourth-order valence-electron chi connectivity index (χ4n) is 3.28. The van der Waals surface area contributed by atoms with Crippen LogP contribution in [0.5, 0.6) is 0 Å². The number of amides is 1. The normalized spacial score (nSPS) is 11.3. The summed E-state index contributed by atoms with van der Waals surface area (Å²) < 4.78 is 3.09. The highest BCUT2D eigenvalue weighted by Crippen LogP contribution is 2.28. The minimum atomic E-state index is -0.158. The number of hydrogen-bond acceptors (Lipinski definition) is 7. The van der Waals surface area contributed by atoms with Crippen molar-refractivity contribution in [2.24, 2.45) is 0 Å². The molecule has 1 N–H and O–H groups in total. The zero-order valence-corrected chi connectivity index (χ0v) is 17.4. The molecule has 2 aromatic carbocycles. The van der Waals surface area contributed by atoms with Gasteiger partial charge in [0, 0.05) is 11.9 Å². The Balaban J connectivity index is 1.36. The van der Waals surface area contributed by atoms with Gasteiger partial charge in [-0.05, 0) is 18.2 Å². The molecule has 0 fully saturated rings. The van der Waals surface area contributed by atoms with E-state index in [-0.39, 0.29) is 11.7 Å². The first-order valence-corrected chi connectivity index (χ1v) is 11.0. The Morgan fingerprint density at radius 1 is 1.13 bits per heavy atom. The van der Waals surface area contributed by atoms with Gasteiger partial charge in [0.05, 0.1) is 21.5 Å². The highest BCUT2D eigenvalue weighted by Gasteiger charge is 2.15. The lowest BCUT2D eigenvalue weighted by Gasteiger charge is -2.03. The van der Waals surface area contributed by atoms with Gasteiger partial charge in [-0.15, -0.1) is 16.8 Å². The second kappa shape index (κ2) is 7.85. The van der Waals surface area contributed by atoms with Crippen molar-refractivity contribution in [1.29, 1.82) is 0 Å². The minimum absolute atomic E-state index is 0.158. The lowest BCUT2D eigenvalue weighted by molar-refractivity contribution is -0.113. The maximum Gasteiger partial charge on any atom is 0.236 e. The van der Waals surface area contributed by atoms with Crippen LogP contribution in [0.15, 0.2) is 66.3 Å². The Morgan fingerprint density at radius 2 is 1.97 bits per heavy atom. The highest BCUT2D eigenvalue weighted by molar-refractivity contribution is 7.99. The van der Waals surface area contributed by atoms with E-state index in [0.717, 1.165) is 32.3 Å². The van der Waals surface area contributed by atoms with Gasteiger partial charge in [-0.2, -0.15) is 0 Å². The number of nitrogens with zero attached hydrogens (tertiary/aromatic N) is 5. The van der Waals surface area contributed by atoms with Gasteiger partial charge >= 0.3 is 0 Å². The molecule has 1 amide bonds. The third-order valence-corrected chi connectivity index (χ3v) is 6.33. The smallest absolute Gasteiger partial charge is 0.236 e. The van der Waals surface area contributed by atoms with Gasteiger partial charge in [0.1, 0.15) is 5.52 Å². The zero-order chi connectivity index (χ0) is 20.5. The van der Waals surface area contributed by atoms with Crippen molar-refractivity contribution in [2.75, 3.05) is 11.1 Å². The molecule has 30 heavy (non-hydrogen) atoms. The third-order valence-electron chi connectivity index (χ3n) is 4.54. The number of thiazole rings is 1. The van der Waals surface area contributed by atoms with E-state index in [1.165, 1.54) is 23.1 Å². The van der Waals surface area contributed by atoms with Crippen molar-refractivity contribution < 1.29 is 4.79 Å². The van der Waals surface area contributed by atoms with Crippen LogP contribution in [0.2, 0.25) is 0 Å². The van der Waals surface area contributed by atoms with Crippen molar-refractivity contribution in [2.45, 2.75) is 11.7 Å². The van der Waals surface area contributed by atoms with Gasteiger partial charge in [-0.3, -0.25) is 4.79 Å². The average Bonchev–Trinajstić information content (AvgIpc) is 3.31. The van der Waals surface area contributed by atoms with Gasteiger partial charge in [0.25, 0.3) is 0 Å². The number of carbonyl (C=O) groups is 1. The summed E-state index contributed by atoms with van der Waals surface area (Å²) in [6.45, 7) is 4.45. The van der Waals surface area contributed by atoms with Gasteiger partial charge in [0.2, 0.25) is 11.1 Å². The number of benzene rings is 2. The molecule has 9 heteroatoms. The Morgan fingerprint density at radius 3 is 2.83 bits per heavy atom. The SMILES string of the molecule is C=CCn1c2ccccc2c2nnc(SCC(=O)Nc3nc4ccccc4s3)nc21. The summed E-state index contributed by atoms with van der Waals surface area (Å²) in [6, 6.07) is 15.8. The summed E-state index contributed by atoms with van der Waals surface area (Å²) in [4.78, 5) is 21.5. The monoisotopic (exact) mass is 432 g/mol. The Bertz CT molecular complexity index is 1370. The molecular formula is C21H16N6OS2. The van der Waals surface area contributed by atoms with Crippen molar-refractivity contribution in [1.82, 2.24) is 24.7 Å². The molecule has 0 spiro atoms. The van der Waals surface area contributed by atoms with E-state index in [2.05, 4.69) is 36.6 Å². The van der Waals surface area contributed by atoms with Crippen LogP contribution >= 0.6 is 23.1 Å². The van der Waals surface area contributed by atoms with Crippen LogP contribution in [-0.2, 0) is 11.3 Å². The summed E-state index contributed by atoms with van der Waals surface area (Å²) in [5.41, 5.74) is 3.39. The van der Waals surface area contributed by atoms with Crippen LogP contribution in [0.25, 0.3) is 32.3 Å². The Kier molecular flexibility index (Phi) is 4.89. The molecule has 0 radical (unpaired) electrons. The summed E-state index contributed by atoms with van der Waals surface area (Å²) >= 11 is 2.70. The molecule has 0 saturated carbocycles. The molecule has 0 bridgehead atoms. The van der Waals surface area contributed by atoms with Crippen molar-refractivity contribution in [3.8, 4) is 0 Å². The van der Waals surface area contributed by atoms with E-state index in [9.17, 15) is 4.79 Å². The fourth-order valence-corrected chi connectivity index (χ4v) is 4.74. The standard InChI is InChI=1S/C21H16N6OS2/c1-2-11-27-15-9-5-3-7-13(15)18-19(27)24-21(26-25-18)29-12-17(28)23-20-22-14-8-4-6-10-16(14)30-20/h2-10H,1,11-12H2,(H,22,23,28). The molecule has 0 aliphatic heterocycles. The quantitative estimate of drug-likeness (QED) is 0.314. The van der Waals surface area contributed by atoms with Crippen molar-refractivity contribution >= 4 is 66.4 Å². The first-order valence-electron chi connectivity index (χ1n) is 9.24. The number of para-hydroxylation sites is 2. The minimum Gasteiger partial charge on any atom is -0.320 e. The lowest BCUT2D eigenvalue weighted by Crippen LogP contribution is -2.14. The number of thioether (sulfide) groups is 1. The van der Waals surface area contributed by atoms with E-state index >= 15 is 0 Å². The summed E-state index contributed by atoms with van der Waals surface area (Å²) in [7, 11) is 0. The first-order chi connectivity index (χ1) is 14.7. The number of rotatable bonds is 6. The number of hydrogen-bond donors (Lipinski definition) is 1. The maximum absolute atomic E-state index is 12.4. The van der Waals surface area contributed by atoms with Gasteiger partial charge in [-0.25, -0.2) is 9.97 Å². The zero-order valence-electron chi connectivity index (χ0n) is 15.8.